The third kappa shape index (κ3) is 8.00. The van der Waals surface area contributed by atoms with E-state index in [1.54, 1.807) is 4.31 Å². The Kier molecular flexibility index (Phi) is 11.4. The summed E-state index contributed by atoms with van der Waals surface area (Å²) in [4.78, 5) is 12.8. The van der Waals surface area contributed by atoms with Crippen molar-refractivity contribution in [1.29, 1.82) is 0 Å². The van der Waals surface area contributed by atoms with Crippen LogP contribution < -0.4 is 0 Å². The van der Waals surface area contributed by atoms with E-state index in [9.17, 15) is 8.42 Å². The van der Waals surface area contributed by atoms with E-state index < -0.39 is 15.6 Å². The van der Waals surface area contributed by atoms with Crippen LogP contribution in [0.4, 0.5) is 0 Å². The van der Waals surface area contributed by atoms with Gasteiger partial charge >= 0.3 is 0 Å². The van der Waals surface area contributed by atoms with Crippen molar-refractivity contribution in [3.05, 3.63) is 226 Å². The predicted molar refractivity (Wildman–Crippen MR) is 242 cm³/mol. The maximum absolute atomic E-state index is 12.5. The fraction of sp³-hybridized carbons (Fsp3) is 0.216. The zero-order valence-corrected chi connectivity index (χ0v) is 35.3. The maximum Gasteiger partial charge on any atom is 0.211 e. The van der Waals surface area contributed by atoms with Gasteiger partial charge in [-0.3, -0.25) is 9.88 Å². The number of hydrogen-bond donors (Lipinski definition) is 0. The van der Waals surface area contributed by atoms with E-state index in [2.05, 4.69) is 161 Å². The highest BCUT2D eigenvalue weighted by molar-refractivity contribution is 7.88. The molecule has 0 spiro atoms. The van der Waals surface area contributed by atoms with Gasteiger partial charge in [-0.15, -0.1) is 0 Å². The van der Waals surface area contributed by atoms with Crippen LogP contribution in [0.2, 0.25) is 5.02 Å². The summed E-state index contributed by atoms with van der Waals surface area (Å²) in [5, 5.41) is 0.680. The summed E-state index contributed by atoms with van der Waals surface area (Å²) >= 11 is 6.74. The first kappa shape index (κ1) is 39.8. The number of sulfonamides is 1. The number of pyridine rings is 1. The number of fused-ring (bicyclic) bond motifs is 2. The Bertz CT molecular complexity index is 2600. The number of benzene rings is 5. The molecule has 1 aliphatic heterocycles. The minimum Gasteiger partial charge on any atom is -0.319 e. The summed E-state index contributed by atoms with van der Waals surface area (Å²) in [6, 6.07) is 53.1. The quantitative estimate of drug-likeness (QED) is 0.115. The molecule has 7 aromatic rings. The lowest BCUT2D eigenvalue weighted by Gasteiger charge is -2.37. The van der Waals surface area contributed by atoms with Gasteiger partial charge < -0.3 is 4.57 Å². The molecule has 302 valence electrons. The first-order valence-electron chi connectivity index (χ1n) is 20.6. The standard InChI is InChI=1S/C51H48ClN5O2S/c1-60(58,59)57-29-26-39(27-30-57)49-47-25-24-45(52)32-40(47)31-41(48-23-14-28-53-50(48)49)34-55(33-38-15-6-2-7-16-38)35-46-36-56(37-54-46)51(42-17-8-3-9-18-42,43-19-10-4-11-20-43)44-21-12-5-13-22-44/h2-25,28,31-32,36-37,39,49H,26-27,29-30,33-35H2,1H3. The molecule has 0 saturated carbocycles. The summed E-state index contributed by atoms with van der Waals surface area (Å²) in [6.07, 6.45) is 11.2. The molecule has 1 fully saturated rings. The summed E-state index contributed by atoms with van der Waals surface area (Å²) in [5.41, 5.74) is 10.5. The van der Waals surface area contributed by atoms with Crippen molar-refractivity contribution in [2.24, 2.45) is 5.92 Å². The minimum absolute atomic E-state index is 0.00992. The van der Waals surface area contributed by atoms with Crippen LogP contribution in [0, 0.1) is 5.92 Å². The van der Waals surface area contributed by atoms with Crippen molar-refractivity contribution in [3.63, 3.8) is 0 Å². The van der Waals surface area contributed by atoms with Crippen LogP contribution in [0.5, 0.6) is 0 Å². The third-order valence-electron chi connectivity index (χ3n) is 12.3. The molecule has 0 amide bonds. The lowest BCUT2D eigenvalue weighted by Crippen LogP contribution is -2.39. The van der Waals surface area contributed by atoms with Crippen LogP contribution in [0.3, 0.4) is 0 Å². The van der Waals surface area contributed by atoms with Gasteiger partial charge in [0, 0.05) is 61.6 Å². The van der Waals surface area contributed by atoms with E-state index in [-0.39, 0.29) is 11.8 Å². The van der Waals surface area contributed by atoms with Gasteiger partial charge in [0.1, 0.15) is 5.54 Å². The Hall–Kier alpha value is -5.64. The number of nitrogens with zero attached hydrogens (tertiary/aromatic N) is 5. The molecular formula is C51H48ClN5O2S. The van der Waals surface area contributed by atoms with Crippen LogP contribution in [-0.4, -0.2) is 58.0 Å². The fourth-order valence-electron chi connectivity index (χ4n) is 9.55. The highest BCUT2D eigenvalue weighted by Crippen LogP contribution is 2.46. The van der Waals surface area contributed by atoms with Crippen LogP contribution in [-0.2, 0) is 28.7 Å². The van der Waals surface area contributed by atoms with Crippen molar-refractivity contribution in [1.82, 2.24) is 23.7 Å². The average molecular weight is 830 g/mol. The Morgan fingerprint density at radius 2 is 1.32 bits per heavy atom. The average Bonchev–Trinajstić information content (AvgIpc) is 3.69. The topological polar surface area (TPSA) is 71.3 Å². The number of hydrogen-bond acceptors (Lipinski definition) is 5. The monoisotopic (exact) mass is 829 g/mol. The smallest absolute Gasteiger partial charge is 0.211 e. The Morgan fingerprint density at radius 3 is 1.92 bits per heavy atom. The number of rotatable bonds is 12. The van der Waals surface area contributed by atoms with E-state index in [1.807, 2.05) is 24.7 Å². The van der Waals surface area contributed by atoms with Crippen LogP contribution in [0.1, 0.15) is 69.1 Å². The van der Waals surface area contributed by atoms with Gasteiger partial charge in [-0.1, -0.05) is 145 Å². The van der Waals surface area contributed by atoms with Crippen molar-refractivity contribution in [2.45, 2.75) is 37.4 Å². The van der Waals surface area contributed by atoms with Gasteiger partial charge in [0.2, 0.25) is 10.0 Å². The molecule has 1 saturated heterocycles. The number of aromatic nitrogens is 3. The van der Waals surface area contributed by atoms with Crippen LogP contribution in [0.15, 0.2) is 170 Å². The normalized spacial score (nSPS) is 16.2. The van der Waals surface area contributed by atoms with Crippen molar-refractivity contribution in [2.75, 3.05) is 25.9 Å². The molecule has 0 N–H and O–H groups in total. The highest BCUT2D eigenvalue weighted by atomic mass is 35.5. The largest absolute Gasteiger partial charge is 0.319 e. The first-order chi connectivity index (χ1) is 29.3. The van der Waals surface area contributed by atoms with Crippen LogP contribution in [0.25, 0.3) is 11.6 Å². The summed E-state index contributed by atoms with van der Waals surface area (Å²) in [7, 11) is -3.26. The molecule has 0 radical (unpaired) electrons. The molecule has 7 nitrogen and oxygen atoms in total. The van der Waals surface area contributed by atoms with Gasteiger partial charge in [-0.2, -0.15) is 0 Å². The SMILES string of the molecule is CS(=O)(=O)N1CCC(C2c3ccc(Cl)cc3C=C(CN(Cc3ccccc3)Cc3cn(C(c4ccccc4)(c4ccccc4)c4ccccc4)cn3)c3cccnc32)CC1. The van der Waals surface area contributed by atoms with Gasteiger partial charge in [-0.05, 0) is 82.0 Å². The first-order valence-corrected chi connectivity index (χ1v) is 22.9. The summed E-state index contributed by atoms with van der Waals surface area (Å²) in [6.45, 7) is 2.94. The summed E-state index contributed by atoms with van der Waals surface area (Å²) < 4.78 is 28.9. The molecule has 2 aromatic heterocycles. The summed E-state index contributed by atoms with van der Waals surface area (Å²) in [5.74, 6) is 0.206. The predicted octanol–water partition coefficient (Wildman–Crippen LogP) is 10.1. The Balaban J connectivity index is 1.12. The van der Waals surface area contributed by atoms with E-state index in [1.165, 1.54) is 17.4 Å². The van der Waals surface area contributed by atoms with Gasteiger partial charge in [0.15, 0.2) is 0 Å². The fourth-order valence-corrected chi connectivity index (χ4v) is 10.6. The molecule has 1 atom stereocenters. The Morgan fingerprint density at radius 1 is 0.717 bits per heavy atom. The third-order valence-corrected chi connectivity index (χ3v) is 13.8. The molecule has 1 unspecified atom stereocenters. The van der Waals surface area contributed by atoms with E-state index >= 15 is 0 Å². The zero-order chi connectivity index (χ0) is 41.1. The second-order valence-corrected chi connectivity index (χ2v) is 18.5. The molecule has 0 bridgehead atoms. The van der Waals surface area contributed by atoms with E-state index in [0.717, 1.165) is 57.6 Å². The van der Waals surface area contributed by atoms with Crippen molar-refractivity contribution >= 4 is 33.3 Å². The minimum atomic E-state index is -3.26. The zero-order valence-electron chi connectivity index (χ0n) is 33.7. The molecular weight excluding hydrogens is 782 g/mol. The van der Waals surface area contributed by atoms with E-state index in [4.69, 9.17) is 21.6 Å². The molecule has 9 rings (SSSR count). The van der Waals surface area contributed by atoms with E-state index in [0.29, 0.717) is 37.7 Å². The molecule has 3 heterocycles. The van der Waals surface area contributed by atoms with Crippen molar-refractivity contribution in [3.8, 4) is 0 Å². The second kappa shape index (κ2) is 17.1. The molecule has 5 aromatic carbocycles. The maximum atomic E-state index is 12.5. The number of halogens is 1. The van der Waals surface area contributed by atoms with Crippen molar-refractivity contribution < 1.29 is 8.42 Å². The molecule has 2 aliphatic rings. The van der Waals surface area contributed by atoms with Gasteiger partial charge in [0.25, 0.3) is 0 Å². The number of piperidine rings is 1. The highest BCUT2D eigenvalue weighted by Gasteiger charge is 2.39. The lowest BCUT2D eigenvalue weighted by atomic mass is 9.76. The Labute approximate surface area is 358 Å². The van der Waals surface area contributed by atoms with Gasteiger partial charge in [-0.25, -0.2) is 17.7 Å². The van der Waals surface area contributed by atoms with Crippen LogP contribution >= 0.6 is 11.6 Å². The second-order valence-electron chi connectivity index (χ2n) is 16.1. The molecule has 9 heteroatoms. The van der Waals surface area contributed by atoms with Gasteiger partial charge in [0.05, 0.1) is 24.0 Å². The molecule has 1 aliphatic carbocycles. The lowest BCUT2D eigenvalue weighted by molar-refractivity contribution is 0.256. The number of imidazole rings is 1. The molecule has 60 heavy (non-hydrogen) atoms.